The first-order valence-electron chi connectivity index (χ1n) is 28.6. The average molecular weight is 987 g/mol. The van der Waals surface area contributed by atoms with Crippen LogP contribution in [0.4, 0.5) is 0 Å². The third-order valence-corrected chi connectivity index (χ3v) is 10.3. The minimum Gasteiger partial charge on any atom is -0.507 e. The van der Waals surface area contributed by atoms with E-state index in [-0.39, 0.29) is 54.6 Å². The van der Waals surface area contributed by atoms with Crippen LogP contribution in [-0.2, 0) is 37.3 Å². The van der Waals surface area contributed by atoms with Crippen LogP contribution >= 0.6 is 0 Å². The molecule has 0 amide bonds. The summed E-state index contributed by atoms with van der Waals surface area (Å²) in [5.74, 6) is -0.992. The van der Waals surface area contributed by atoms with Crippen molar-refractivity contribution in [2.75, 3.05) is 0 Å². The number of pyridine rings is 1. The third kappa shape index (κ3) is 8.28. The predicted molar refractivity (Wildman–Crippen MR) is 247 cm³/mol. The zero-order chi connectivity index (χ0) is 57.9. The number of aromatic nitrogens is 3. The molecule has 0 radical (unpaired) electrons. The number of hydrogen-bond donors (Lipinski definition) is 1. The maximum atomic E-state index is 12.5. The second-order valence-electron chi connectivity index (χ2n) is 16.6. The van der Waals surface area contributed by atoms with Crippen LogP contribution in [0.5, 0.6) is 5.75 Å². The van der Waals surface area contributed by atoms with Gasteiger partial charge in [-0.15, -0.1) is 29.3 Å². The average Bonchev–Trinajstić information content (AvgIpc) is 3.95. The Morgan fingerprint density at radius 2 is 1.35 bits per heavy atom. The standard InChI is InChI=1S/C55H54N3O.Pt/c1-35-22-24-36(25-23-35)38-28-29-56-47(33-38)40-30-39(31-42(32-40)54(5,6)7)43-18-15-21-49-50(43)57-52(44-19-14-20-46(51(44)59)55(8,9)10)58(49)48-27-26-41(53(2,3)4)34-45(48)37-16-12-11-13-17-37;/h11-29,31-34,59H,1-10H3;/q-1;/i1D3,8D3,9D3,10D3,22D,23D,24D,25D,28D,29D,33D;. The molecule has 0 saturated carbocycles. The second-order valence-corrected chi connectivity index (χ2v) is 16.6. The van der Waals surface area contributed by atoms with Gasteiger partial charge in [-0.1, -0.05) is 170 Å². The number of fused-ring (bicyclic) bond motifs is 1. The molecular formula is C55H54N3OPt-. The van der Waals surface area contributed by atoms with E-state index in [1.807, 2.05) is 75.4 Å². The molecule has 8 rings (SSSR count). The minimum atomic E-state index is -3.72. The number of hydrogen-bond acceptors (Lipinski definition) is 3. The Balaban J connectivity index is 0.00000903. The first kappa shape index (κ1) is 24.6. The van der Waals surface area contributed by atoms with E-state index in [0.717, 1.165) is 17.2 Å². The SMILES string of the molecule is [2H]c1nc(-c2[c-]c(-c3cccc4c3nc(-c3cccc(C(C([2H])([2H])[2H])(C([2H])([2H])[2H])C([2H])([2H])[2H])c3O)n4-c3ccc(C(C)(C)C)cc3-c3ccccc3)cc(C(C)(C)C)c2)c([2H])c(-c2c([2H])c([2H])c(C([2H])([2H])[2H])c([2H])c2[2H])c1[2H].[Pt]. The molecule has 0 aliphatic carbocycles. The molecule has 2 heterocycles. The molecule has 0 aliphatic heterocycles. The van der Waals surface area contributed by atoms with Crippen LogP contribution in [-0.4, -0.2) is 19.6 Å². The summed E-state index contributed by atoms with van der Waals surface area (Å²) in [6, 6.07) is 26.2. The fraction of sp³-hybridized carbons (Fsp3) is 0.236. The van der Waals surface area contributed by atoms with Crippen molar-refractivity contribution in [3.8, 4) is 67.5 Å². The van der Waals surface area contributed by atoms with Crippen LogP contribution < -0.4 is 0 Å². The van der Waals surface area contributed by atoms with E-state index in [2.05, 4.69) is 31.8 Å². The Bertz CT molecular complexity index is 3630. The molecule has 6 aromatic carbocycles. The number of benzene rings is 6. The topological polar surface area (TPSA) is 50.9 Å². The molecule has 0 unspecified atom stereocenters. The van der Waals surface area contributed by atoms with Gasteiger partial charge in [-0.2, -0.15) is 0 Å². The third-order valence-electron chi connectivity index (χ3n) is 10.3. The molecule has 0 aliphatic rings. The van der Waals surface area contributed by atoms with Crippen molar-refractivity contribution in [1.82, 2.24) is 14.5 Å². The summed E-state index contributed by atoms with van der Waals surface area (Å²) < 4.78 is 164. The molecule has 2 aromatic heterocycles. The van der Waals surface area contributed by atoms with Crippen LogP contribution in [0, 0.1) is 12.9 Å². The van der Waals surface area contributed by atoms with Crippen molar-refractivity contribution < 1.29 is 52.2 Å². The Kier molecular flexibility index (Phi) is 6.62. The summed E-state index contributed by atoms with van der Waals surface area (Å²) in [6.45, 7) is -2.26. The van der Waals surface area contributed by atoms with Gasteiger partial charge in [0.1, 0.15) is 11.6 Å². The second kappa shape index (κ2) is 16.1. The number of phenols is 1. The normalized spacial score (nSPS) is 17.5. The zero-order valence-corrected chi connectivity index (χ0v) is 36.1. The van der Waals surface area contributed by atoms with Gasteiger partial charge < -0.3 is 5.11 Å². The van der Waals surface area contributed by atoms with E-state index < -0.39 is 109 Å². The summed E-state index contributed by atoms with van der Waals surface area (Å²) in [5, 5.41) is 12.5. The first-order valence-corrected chi connectivity index (χ1v) is 19.1. The van der Waals surface area contributed by atoms with Crippen molar-refractivity contribution in [3.63, 3.8) is 0 Å². The summed E-state index contributed by atoms with van der Waals surface area (Å²) in [6.07, 6.45) is -0.692. The van der Waals surface area contributed by atoms with Gasteiger partial charge in [-0.05, 0) is 81.2 Å². The number of imidazole rings is 1. The van der Waals surface area contributed by atoms with E-state index in [1.54, 1.807) is 28.8 Å². The maximum Gasteiger partial charge on any atom is 0.148 e. The Hall–Kier alpha value is -5.57. The fourth-order valence-electron chi connectivity index (χ4n) is 7.10. The van der Waals surface area contributed by atoms with E-state index >= 15 is 0 Å². The van der Waals surface area contributed by atoms with Gasteiger partial charge >= 0.3 is 0 Å². The summed E-state index contributed by atoms with van der Waals surface area (Å²) in [5.41, 5.74) is -2.75. The minimum absolute atomic E-state index is 0. The van der Waals surface area contributed by atoms with Crippen LogP contribution in [0.15, 0.2) is 139 Å². The number of para-hydroxylation sites is 2. The Morgan fingerprint density at radius 1 is 0.650 bits per heavy atom. The molecule has 0 atom stereocenters. The van der Waals surface area contributed by atoms with Gasteiger partial charge in [0.2, 0.25) is 0 Å². The fourth-order valence-corrected chi connectivity index (χ4v) is 7.10. The number of rotatable bonds is 6. The first-order chi connectivity index (χ1) is 35.9. The number of phenolic OH excluding ortho intramolecular Hbond substituents is 1. The monoisotopic (exact) mass is 987 g/mol. The van der Waals surface area contributed by atoms with E-state index in [4.69, 9.17) is 29.7 Å². The molecular weight excluding hydrogens is 914 g/mol. The van der Waals surface area contributed by atoms with Gasteiger partial charge in [-0.3, -0.25) is 9.55 Å². The van der Waals surface area contributed by atoms with Crippen LogP contribution in [0.2, 0.25) is 0 Å². The molecule has 0 spiro atoms. The van der Waals surface area contributed by atoms with Crippen molar-refractivity contribution in [1.29, 1.82) is 0 Å². The van der Waals surface area contributed by atoms with Gasteiger partial charge in [0.05, 0.1) is 31.9 Å². The zero-order valence-electron chi connectivity index (χ0n) is 52.8. The largest absolute Gasteiger partial charge is 0.507 e. The molecule has 8 aromatic rings. The summed E-state index contributed by atoms with van der Waals surface area (Å²) >= 11 is 0. The number of nitrogens with zero attached hydrogens (tertiary/aromatic N) is 3. The molecule has 0 fully saturated rings. The van der Waals surface area contributed by atoms with Gasteiger partial charge in [-0.25, -0.2) is 4.98 Å². The summed E-state index contributed by atoms with van der Waals surface area (Å²) in [4.78, 5) is 9.55. The smallest absolute Gasteiger partial charge is 0.148 e. The van der Waals surface area contributed by atoms with Crippen molar-refractivity contribution in [2.24, 2.45) is 0 Å². The van der Waals surface area contributed by atoms with Gasteiger partial charge in [0.25, 0.3) is 0 Å². The number of aromatic hydroxyl groups is 1. The van der Waals surface area contributed by atoms with Crippen LogP contribution in [0.3, 0.4) is 0 Å². The quantitative estimate of drug-likeness (QED) is 0.169. The van der Waals surface area contributed by atoms with E-state index in [9.17, 15) is 6.48 Å². The van der Waals surface area contributed by atoms with Gasteiger partial charge in [0.15, 0.2) is 0 Å². The Labute approximate surface area is 397 Å². The summed E-state index contributed by atoms with van der Waals surface area (Å²) in [7, 11) is 0. The predicted octanol–water partition coefficient (Wildman–Crippen LogP) is 14.5. The Morgan fingerprint density at radius 3 is 2.05 bits per heavy atom. The molecule has 306 valence electrons. The molecule has 60 heavy (non-hydrogen) atoms. The van der Waals surface area contributed by atoms with Crippen LogP contribution in [0.1, 0.15) is 110 Å². The molecule has 4 nitrogen and oxygen atoms in total. The van der Waals surface area contributed by atoms with E-state index in [1.165, 1.54) is 12.1 Å². The molecule has 0 bridgehead atoms. The maximum absolute atomic E-state index is 12.5. The molecule has 5 heteroatoms. The molecule has 0 saturated heterocycles. The molecule has 1 N–H and O–H groups in total. The van der Waals surface area contributed by atoms with Crippen molar-refractivity contribution in [2.45, 2.75) is 85.2 Å². The van der Waals surface area contributed by atoms with Crippen molar-refractivity contribution >= 4 is 11.0 Å². The van der Waals surface area contributed by atoms with Crippen molar-refractivity contribution in [3.05, 3.63) is 168 Å². The van der Waals surface area contributed by atoms with E-state index in [0.29, 0.717) is 33.5 Å². The van der Waals surface area contributed by atoms with Gasteiger partial charge in [0, 0.05) is 54.9 Å². The van der Waals surface area contributed by atoms with Crippen LogP contribution in [0.25, 0.3) is 72.7 Å².